The zero-order valence-electron chi connectivity index (χ0n) is 14.4. The Morgan fingerprint density at radius 3 is 2.38 bits per heavy atom. The molecule has 0 fully saturated rings. The molecule has 0 saturated heterocycles. The summed E-state index contributed by atoms with van der Waals surface area (Å²) in [4.78, 5) is 25.9. The van der Waals surface area contributed by atoms with Gasteiger partial charge in [0.25, 0.3) is 0 Å². The van der Waals surface area contributed by atoms with Gasteiger partial charge in [-0.15, -0.1) is 11.8 Å². The number of aromatic nitrogens is 2. The second kappa shape index (κ2) is 8.47. The van der Waals surface area contributed by atoms with Gasteiger partial charge in [0.1, 0.15) is 6.54 Å². The maximum Gasteiger partial charge on any atom is 0.329 e. The van der Waals surface area contributed by atoms with Crippen molar-refractivity contribution in [1.29, 1.82) is 0 Å². The van der Waals surface area contributed by atoms with Crippen molar-refractivity contribution in [2.45, 2.75) is 24.9 Å². The van der Waals surface area contributed by atoms with Gasteiger partial charge in [0.05, 0.1) is 11.0 Å². The van der Waals surface area contributed by atoms with Crippen LogP contribution in [0.4, 0.5) is 0 Å². The van der Waals surface area contributed by atoms with E-state index in [-0.39, 0.29) is 18.1 Å². The zero-order valence-corrected chi connectivity index (χ0v) is 16.0. The fourth-order valence-electron chi connectivity index (χ4n) is 2.82. The molecule has 0 radical (unpaired) electrons. The second-order valence-corrected chi connectivity index (χ2v) is 7.36. The van der Waals surface area contributed by atoms with Crippen LogP contribution in [0.3, 0.4) is 0 Å². The summed E-state index contributed by atoms with van der Waals surface area (Å²) in [6.45, 7) is 3.06. The highest BCUT2D eigenvalue weighted by Gasteiger charge is 2.14. The first kappa shape index (κ1) is 18.6. The molecule has 0 spiro atoms. The first-order valence-corrected chi connectivity index (χ1v) is 9.79. The molecule has 0 saturated carbocycles. The smallest absolute Gasteiger partial charge is 0.329 e. The predicted molar refractivity (Wildman–Crippen MR) is 107 cm³/mol. The maximum absolute atomic E-state index is 12.5. The highest BCUT2D eigenvalue weighted by atomic mass is 35.5. The van der Waals surface area contributed by atoms with Gasteiger partial charge in [-0.2, -0.15) is 0 Å². The summed E-state index contributed by atoms with van der Waals surface area (Å²) in [5, 5.41) is 3.58. The number of fused-ring (bicyclic) bond motifs is 1. The van der Waals surface area contributed by atoms with Crippen molar-refractivity contribution in [3.05, 3.63) is 64.0 Å². The van der Waals surface area contributed by atoms with Crippen molar-refractivity contribution < 1.29 is 4.79 Å². The van der Waals surface area contributed by atoms with Gasteiger partial charge in [-0.25, -0.2) is 4.79 Å². The van der Waals surface area contributed by atoms with Gasteiger partial charge in [-0.3, -0.25) is 13.9 Å². The molecule has 0 aliphatic heterocycles. The molecule has 1 heterocycles. The van der Waals surface area contributed by atoms with Crippen LogP contribution in [0.1, 0.15) is 6.92 Å². The maximum atomic E-state index is 12.5. The van der Waals surface area contributed by atoms with E-state index < -0.39 is 0 Å². The average molecular weight is 390 g/mol. The van der Waals surface area contributed by atoms with Crippen molar-refractivity contribution in [2.75, 3.05) is 12.3 Å². The quantitative estimate of drug-likeness (QED) is 0.497. The minimum Gasteiger partial charge on any atom is -0.354 e. The molecule has 0 unspecified atom stereocenters. The van der Waals surface area contributed by atoms with E-state index in [1.807, 2.05) is 55.5 Å². The van der Waals surface area contributed by atoms with Gasteiger partial charge in [0.15, 0.2) is 0 Å². The third-order valence-corrected chi connectivity index (χ3v) is 5.32. The molecular weight excluding hydrogens is 370 g/mol. The van der Waals surface area contributed by atoms with Gasteiger partial charge >= 0.3 is 5.69 Å². The Balaban J connectivity index is 1.58. The summed E-state index contributed by atoms with van der Waals surface area (Å²) in [6, 6.07) is 15.1. The zero-order chi connectivity index (χ0) is 18.5. The number of aryl methyl sites for hydroxylation is 1. The molecule has 136 valence electrons. The molecule has 2 aromatic carbocycles. The molecule has 5 nitrogen and oxygen atoms in total. The Morgan fingerprint density at radius 2 is 1.73 bits per heavy atom. The Bertz CT molecular complexity index is 963. The van der Waals surface area contributed by atoms with Crippen molar-refractivity contribution in [3.63, 3.8) is 0 Å². The fraction of sp³-hybridized carbons (Fsp3) is 0.263. The van der Waals surface area contributed by atoms with Gasteiger partial charge < -0.3 is 5.32 Å². The number of imidazole rings is 1. The lowest BCUT2D eigenvalue weighted by atomic mass is 10.3. The summed E-state index contributed by atoms with van der Waals surface area (Å²) in [5.74, 6) is 0.585. The molecule has 0 aliphatic carbocycles. The lowest BCUT2D eigenvalue weighted by molar-refractivity contribution is -0.121. The molecule has 1 aromatic heterocycles. The molecule has 0 aliphatic rings. The summed E-state index contributed by atoms with van der Waals surface area (Å²) in [6.07, 6.45) is 0. The van der Waals surface area contributed by atoms with E-state index >= 15 is 0 Å². The lowest BCUT2D eigenvalue weighted by Crippen LogP contribution is -2.34. The number of rotatable bonds is 7. The highest BCUT2D eigenvalue weighted by Crippen LogP contribution is 2.19. The highest BCUT2D eigenvalue weighted by molar-refractivity contribution is 7.99. The van der Waals surface area contributed by atoms with E-state index in [2.05, 4.69) is 5.32 Å². The number of nitrogens with one attached hydrogen (secondary N) is 1. The van der Waals surface area contributed by atoms with Crippen LogP contribution in [0.5, 0.6) is 0 Å². The first-order valence-electron chi connectivity index (χ1n) is 8.43. The molecule has 1 amide bonds. The van der Waals surface area contributed by atoms with Crippen LogP contribution in [-0.2, 0) is 17.9 Å². The predicted octanol–water partition coefficient (Wildman–Crippen LogP) is 3.38. The monoisotopic (exact) mass is 389 g/mol. The molecule has 1 N–H and O–H groups in total. The number of halogens is 1. The largest absolute Gasteiger partial charge is 0.354 e. The van der Waals surface area contributed by atoms with Crippen molar-refractivity contribution in [2.24, 2.45) is 0 Å². The number of thioether (sulfide) groups is 1. The van der Waals surface area contributed by atoms with Crippen molar-refractivity contribution >= 4 is 40.3 Å². The Kier molecular flexibility index (Phi) is 6.06. The number of para-hydroxylation sites is 2. The average Bonchev–Trinajstić information content (AvgIpc) is 2.91. The van der Waals surface area contributed by atoms with Crippen LogP contribution in [0, 0.1) is 0 Å². The SMILES string of the molecule is CCn1c(=O)n(CC(=O)NCCSc2ccc(Cl)cc2)c2ccccc21. The van der Waals surface area contributed by atoms with E-state index in [4.69, 9.17) is 11.6 Å². The topological polar surface area (TPSA) is 56.0 Å². The van der Waals surface area contributed by atoms with Crippen LogP contribution in [0.2, 0.25) is 5.02 Å². The lowest BCUT2D eigenvalue weighted by Gasteiger charge is -2.06. The fourth-order valence-corrected chi connectivity index (χ4v) is 3.71. The van der Waals surface area contributed by atoms with E-state index in [9.17, 15) is 9.59 Å². The number of hydrogen-bond donors (Lipinski definition) is 1. The van der Waals surface area contributed by atoms with Crippen molar-refractivity contribution in [3.8, 4) is 0 Å². The molecule has 0 bridgehead atoms. The number of carbonyl (C=O) groups is 1. The van der Waals surface area contributed by atoms with Crippen LogP contribution in [-0.4, -0.2) is 27.3 Å². The standard InChI is InChI=1S/C19H20ClN3O2S/c1-2-22-16-5-3-4-6-17(16)23(19(22)25)13-18(24)21-11-12-26-15-9-7-14(20)8-10-15/h3-10H,2,11-13H2,1H3,(H,21,24). The Labute approximate surface area is 161 Å². The molecule has 3 aromatic rings. The number of hydrogen-bond acceptors (Lipinski definition) is 3. The minimum atomic E-state index is -0.164. The van der Waals surface area contributed by atoms with Crippen LogP contribution in [0.25, 0.3) is 11.0 Å². The number of carbonyl (C=O) groups excluding carboxylic acids is 1. The van der Waals surface area contributed by atoms with Crippen LogP contribution < -0.4 is 11.0 Å². The Morgan fingerprint density at radius 1 is 1.08 bits per heavy atom. The normalized spacial score (nSPS) is 11.0. The first-order chi connectivity index (χ1) is 12.6. The summed E-state index contributed by atoms with van der Waals surface area (Å²) in [7, 11) is 0. The van der Waals surface area contributed by atoms with E-state index in [0.717, 1.165) is 21.7 Å². The van der Waals surface area contributed by atoms with E-state index in [0.29, 0.717) is 18.1 Å². The number of benzene rings is 2. The third kappa shape index (κ3) is 4.14. The van der Waals surface area contributed by atoms with E-state index in [1.54, 1.807) is 16.3 Å². The minimum absolute atomic E-state index is 0.0258. The molecule has 3 rings (SSSR count). The van der Waals surface area contributed by atoms with Gasteiger partial charge in [-0.1, -0.05) is 23.7 Å². The molecular formula is C19H20ClN3O2S. The molecule has 26 heavy (non-hydrogen) atoms. The summed E-state index contributed by atoms with van der Waals surface area (Å²) in [5.41, 5.74) is 1.48. The van der Waals surface area contributed by atoms with Crippen molar-refractivity contribution in [1.82, 2.24) is 14.5 Å². The van der Waals surface area contributed by atoms with Gasteiger partial charge in [0, 0.05) is 28.8 Å². The number of nitrogens with zero attached hydrogens (tertiary/aromatic N) is 2. The number of amides is 1. The van der Waals surface area contributed by atoms with Gasteiger partial charge in [0.2, 0.25) is 5.91 Å². The van der Waals surface area contributed by atoms with Crippen LogP contribution in [0.15, 0.2) is 58.2 Å². The summed E-state index contributed by atoms with van der Waals surface area (Å²) < 4.78 is 3.21. The second-order valence-electron chi connectivity index (χ2n) is 5.75. The summed E-state index contributed by atoms with van der Waals surface area (Å²) >= 11 is 7.51. The molecule has 0 atom stereocenters. The van der Waals surface area contributed by atoms with E-state index in [1.165, 1.54) is 4.57 Å². The van der Waals surface area contributed by atoms with Gasteiger partial charge in [-0.05, 0) is 43.3 Å². The third-order valence-electron chi connectivity index (χ3n) is 4.05. The van der Waals surface area contributed by atoms with Crippen LogP contribution >= 0.6 is 23.4 Å². The molecule has 7 heteroatoms. The Hall–Kier alpha value is -2.18.